The largest absolute Gasteiger partial charge is 0.327 e. The van der Waals surface area contributed by atoms with E-state index in [2.05, 4.69) is 18.9 Å². The van der Waals surface area contributed by atoms with Gasteiger partial charge < -0.3 is 10.6 Å². The second kappa shape index (κ2) is 4.07. The maximum Gasteiger partial charge on any atom is 0.0139 e. The lowest BCUT2D eigenvalue weighted by atomic mass is 10.2. The second-order valence-corrected chi connectivity index (χ2v) is 3.86. The number of hydrogen-bond acceptors (Lipinski definition) is 2. The van der Waals surface area contributed by atoms with Gasteiger partial charge in [-0.1, -0.05) is 12.8 Å². The Kier molecular flexibility index (Phi) is 3.34. The molecular formula is C9H20N2. The van der Waals surface area contributed by atoms with E-state index in [0.29, 0.717) is 6.04 Å². The third-order valence-electron chi connectivity index (χ3n) is 2.52. The van der Waals surface area contributed by atoms with Gasteiger partial charge in [-0.05, 0) is 26.8 Å². The summed E-state index contributed by atoms with van der Waals surface area (Å²) in [6.07, 6.45) is 5.58. The van der Waals surface area contributed by atoms with Crippen molar-refractivity contribution in [3.8, 4) is 0 Å². The summed E-state index contributed by atoms with van der Waals surface area (Å²) in [5.74, 6) is 0. The molecule has 1 saturated carbocycles. The van der Waals surface area contributed by atoms with E-state index in [1.165, 1.54) is 25.7 Å². The lowest BCUT2D eigenvalue weighted by Gasteiger charge is -2.25. The quantitative estimate of drug-likeness (QED) is 0.665. The van der Waals surface area contributed by atoms with Gasteiger partial charge in [-0.25, -0.2) is 0 Å². The molecule has 0 aromatic carbocycles. The monoisotopic (exact) mass is 156 g/mol. The van der Waals surface area contributed by atoms with Crippen molar-refractivity contribution in [1.29, 1.82) is 0 Å². The highest BCUT2D eigenvalue weighted by Gasteiger charge is 2.19. The Labute approximate surface area is 69.8 Å². The van der Waals surface area contributed by atoms with Crippen molar-refractivity contribution in [2.75, 3.05) is 13.6 Å². The molecule has 0 heterocycles. The van der Waals surface area contributed by atoms with Crippen molar-refractivity contribution in [3.63, 3.8) is 0 Å². The summed E-state index contributed by atoms with van der Waals surface area (Å²) in [4.78, 5) is 2.41. The maximum atomic E-state index is 5.72. The first-order valence-electron chi connectivity index (χ1n) is 4.66. The van der Waals surface area contributed by atoms with Gasteiger partial charge in [0, 0.05) is 18.6 Å². The zero-order valence-electron chi connectivity index (χ0n) is 7.71. The molecular weight excluding hydrogens is 136 g/mol. The first-order chi connectivity index (χ1) is 5.20. The highest BCUT2D eigenvalue weighted by molar-refractivity contribution is 4.76. The molecule has 0 bridgehead atoms. The molecule has 11 heavy (non-hydrogen) atoms. The number of nitrogens with zero attached hydrogens (tertiary/aromatic N) is 1. The molecule has 1 atom stereocenters. The topological polar surface area (TPSA) is 29.3 Å². The number of hydrogen-bond donors (Lipinski definition) is 1. The average Bonchev–Trinajstić information content (AvgIpc) is 2.35. The van der Waals surface area contributed by atoms with Crippen LogP contribution in [-0.4, -0.2) is 30.6 Å². The predicted octanol–water partition coefficient (Wildman–Crippen LogP) is 1.21. The molecule has 0 saturated heterocycles. The van der Waals surface area contributed by atoms with Gasteiger partial charge >= 0.3 is 0 Å². The molecule has 0 aromatic rings. The lowest BCUT2D eigenvalue weighted by molar-refractivity contribution is 0.235. The van der Waals surface area contributed by atoms with E-state index < -0.39 is 0 Å². The molecule has 1 rings (SSSR count). The summed E-state index contributed by atoms with van der Waals surface area (Å²) in [5, 5.41) is 0. The maximum absolute atomic E-state index is 5.72. The van der Waals surface area contributed by atoms with E-state index in [0.717, 1.165) is 12.6 Å². The van der Waals surface area contributed by atoms with Crippen molar-refractivity contribution in [1.82, 2.24) is 4.90 Å². The molecule has 1 aliphatic rings. The Morgan fingerprint density at radius 2 is 2.00 bits per heavy atom. The Morgan fingerprint density at radius 3 is 2.45 bits per heavy atom. The molecule has 1 unspecified atom stereocenters. The first kappa shape index (κ1) is 9.01. The zero-order chi connectivity index (χ0) is 8.27. The van der Waals surface area contributed by atoms with Crippen molar-refractivity contribution in [2.24, 2.45) is 5.73 Å². The number of nitrogens with two attached hydrogens (primary N) is 1. The molecule has 66 valence electrons. The number of likely N-dealkylation sites (N-methyl/N-ethyl adjacent to an activating group) is 1. The first-order valence-corrected chi connectivity index (χ1v) is 4.66. The Hall–Kier alpha value is -0.0800. The van der Waals surface area contributed by atoms with Gasteiger partial charge in [0.15, 0.2) is 0 Å². The third kappa shape index (κ3) is 2.80. The molecule has 0 amide bonds. The molecule has 0 spiro atoms. The van der Waals surface area contributed by atoms with Crippen molar-refractivity contribution < 1.29 is 0 Å². The minimum Gasteiger partial charge on any atom is -0.327 e. The normalized spacial score (nSPS) is 22.9. The fourth-order valence-corrected chi connectivity index (χ4v) is 1.95. The van der Waals surface area contributed by atoms with Crippen LogP contribution in [0.4, 0.5) is 0 Å². The van der Waals surface area contributed by atoms with Crippen LogP contribution >= 0.6 is 0 Å². The van der Waals surface area contributed by atoms with E-state index in [4.69, 9.17) is 5.73 Å². The predicted molar refractivity (Wildman–Crippen MR) is 48.5 cm³/mol. The second-order valence-electron chi connectivity index (χ2n) is 3.86. The van der Waals surface area contributed by atoms with Gasteiger partial charge in [0.2, 0.25) is 0 Å². The van der Waals surface area contributed by atoms with E-state index in [-0.39, 0.29) is 0 Å². The number of rotatable bonds is 3. The van der Waals surface area contributed by atoms with E-state index >= 15 is 0 Å². The van der Waals surface area contributed by atoms with Crippen LogP contribution in [0.15, 0.2) is 0 Å². The Balaban J connectivity index is 2.22. The van der Waals surface area contributed by atoms with Crippen molar-refractivity contribution in [2.45, 2.75) is 44.7 Å². The molecule has 1 fully saturated rings. The van der Waals surface area contributed by atoms with Crippen LogP contribution in [0.5, 0.6) is 0 Å². The van der Waals surface area contributed by atoms with Crippen LogP contribution in [0.25, 0.3) is 0 Å². The van der Waals surface area contributed by atoms with Gasteiger partial charge in [0.05, 0.1) is 0 Å². The summed E-state index contributed by atoms with van der Waals surface area (Å²) in [5.41, 5.74) is 5.72. The molecule has 2 nitrogen and oxygen atoms in total. The summed E-state index contributed by atoms with van der Waals surface area (Å²) in [7, 11) is 2.19. The standard InChI is InChI=1S/C9H20N2/c1-8(10)7-11(2)9-5-3-4-6-9/h8-9H,3-7,10H2,1-2H3. The minimum atomic E-state index is 0.320. The molecule has 2 heteroatoms. The minimum absolute atomic E-state index is 0.320. The smallest absolute Gasteiger partial charge is 0.0139 e. The lowest BCUT2D eigenvalue weighted by Crippen LogP contribution is -2.38. The average molecular weight is 156 g/mol. The highest BCUT2D eigenvalue weighted by Crippen LogP contribution is 2.21. The Bertz CT molecular complexity index is 106. The molecule has 0 aromatic heterocycles. The van der Waals surface area contributed by atoms with Crippen LogP contribution < -0.4 is 5.73 Å². The third-order valence-corrected chi connectivity index (χ3v) is 2.52. The van der Waals surface area contributed by atoms with Crippen LogP contribution in [0.2, 0.25) is 0 Å². The zero-order valence-corrected chi connectivity index (χ0v) is 7.71. The van der Waals surface area contributed by atoms with E-state index in [9.17, 15) is 0 Å². The molecule has 0 aliphatic heterocycles. The van der Waals surface area contributed by atoms with Crippen molar-refractivity contribution >= 4 is 0 Å². The summed E-state index contributed by atoms with van der Waals surface area (Å²) in [6.45, 7) is 3.12. The summed E-state index contributed by atoms with van der Waals surface area (Å²) >= 11 is 0. The van der Waals surface area contributed by atoms with Gasteiger partial charge in [-0.15, -0.1) is 0 Å². The van der Waals surface area contributed by atoms with E-state index in [1.54, 1.807) is 0 Å². The Morgan fingerprint density at radius 1 is 1.45 bits per heavy atom. The van der Waals surface area contributed by atoms with Gasteiger partial charge in [0.25, 0.3) is 0 Å². The molecule has 1 aliphatic carbocycles. The van der Waals surface area contributed by atoms with Crippen LogP contribution in [0.3, 0.4) is 0 Å². The summed E-state index contributed by atoms with van der Waals surface area (Å²) in [6, 6.07) is 1.14. The molecule has 2 N–H and O–H groups in total. The summed E-state index contributed by atoms with van der Waals surface area (Å²) < 4.78 is 0. The fourth-order valence-electron chi connectivity index (χ4n) is 1.95. The van der Waals surface area contributed by atoms with Crippen LogP contribution in [0.1, 0.15) is 32.6 Å². The SMILES string of the molecule is CC(N)CN(C)C1CCCC1. The fraction of sp³-hybridized carbons (Fsp3) is 1.00. The molecule has 0 radical (unpaired) electrons. The van der Waals surface area contributed by atoms with Crippen molar-refractivity contribution in [3.05, 3.63) is 0 Å². The van der Waals surface area contributed by atoms with Gasteiger partial charge in [-0.3, -0.25) is 0 Å². The van der Waals surface area contributed by atoms with Crippen LogP contribution in [-0.2, 0) is 0 Å². The highest BCUT2D eigenvalue weighted by atomic mass is 15.1. The van der Waals surface area contributed by atoms with Gasteiger partial charge in [0.1, 0.15) is 0 Å². The van der Waals surface area contributed by atoms with Gasteiger partial charge in [-0.2, -0.15) is 0 Å². The van der Waals surface area contributed by atoms with Crippen LogP contribution in [0, 0.1) is 0 Å². The van der Waals surface area contributed by atoms with E-state index in [1.807, 2.05) is 0 Å².